The maximum absolute atomic E-state index is 5.49. The molecule has 0 radical (unpaired) electrons. The Hall–Kier alpha value is -1.29. The van der Waals surface area contributed by atoms with E-state index in [9.17, 15) is 0 Å². The molecule has 0 amide bonds. The summed E-state index contributed by atoms with van der Waals surface area (Å²) < 4.78 is 8.38. The molecule has 3 rings (SSSR count). The van der Waals surface area contributed by atoms with E-state index in [1.54, 1.807) is 7.11 Å². The van der Waals surface area contributed by atoms with Crippen LogP contribution >= 0.6 is 12.2 Å². The third-order valence-electron chi connectivity index (χ3n) is 4.79. The number of methoxy groups -OCH3 is 1. The number of aryl methyl sites for hydroxylation is 1. The van der Waals surface area contributed by atoms with Gasteiger partial charge in [0.2, 0.25) is 0 Å². The number of fused-ring (bicyclic) bond motifs is 1. The summed E-state index contributed by atoms with van der Waals surface area (Å²) in [5.74, 6) is 2.63. The van der Waals surface area contributed by atoms with Gasteiger partial charge in [-0.1, -0.05) is 26.2 Å². The average molecular weight is 304 g/mol. The van der Waals surface area contributed by atoms with Gasteiger partial charge in [-0.15, -0.1) is 0 Å². The lowest BCUT2D eigenvalue weighted by Gasteiger charge is -2.26. The molecule has 2 atom stereocenters. The maximum Gasteiger partial charge on any atom is 0.178 e. The Morgan fingerprint density at radius 1 is 1.38 bits per heavy atom. The number of nitrogens with one attached hydrogen (secondary N) is 1. The highest BCUT2D eigenvalue weighted by Crippen LogP contribution is 2.31. The van der Waals surface area contributed by atoms with Crippen LogP contribution < -0.4 is 4.74 Å². The summed E-state index contributed by atoms with van der Waals surface area (Å²) in [6, 6.07) is 6.09. The van der Waals surface area contributed by atoms with Crippen molar-refractivity contribution >= 4 is 23.3 Å². The van der Waals surface area contributed by atoms with Gasteiger partial charge in [0.1, 0.15) is 5.75 Å². The molecular weight excluding hydrogens is 280 g/mol. The summed E-state index contributed by atoms with van der Waals surface area (Å²) in [6.45, 7) is 3.39. The number of hydrogen-bond acceptors (Lipinski definition) is 2. The van der Waals surface area contributed by atoms with Crippen LogP contribution in [0.1, 0.15) is 39.0 Å². The van der Waals surface area contributed by atoms with Crippen LogP contribution in [0.2, 0.25) is 0 Å². The van der Waals surface area contributed by atoms with Crippen LogP contribution in [0, 0.1) is 16.6 Å². The highest BCUT2D eigenvalue weighted by molar-refractivity contribution is 7.71. The molecule has 2 aromatic rings. The second-order valence-electron chi connectivity index (χ2n) is 6.39. The average Bonchev–Trinajstić information content (AvgIpc) is 2.79. The summed E-state index contributed by atoms with van der Waals surface area (Å²) >= 11 is 5.49. The molecule has 0 saturated heterocycles. The normalized spacial score (nSPS) is 22.6. The zero-order chi connectivity index (χ0) is 14.8. The van der Waals surface area contributed by atoms with Crippen LogP contribution in [-0.4, -0.2) is 16.7 Å². The van der Waals surface area contributed by atoms with Crippen LogP contribution in [0.4, 0.5) is 0 Å². The zero-order valence-electron chi connectivity index (χ0n) is 12.9. The standard InChI is InChI=1S/C17H24N2OS/c1-12-4-3-5-13(10-12)8-9-19-16-11-14(20-2)6-7-15(16)18-17(19)21/h6-7,11-13H,3-5,8-10H2,1-2H3,(H,18,21). The molecule has 1 aromatic heterocycles. The number of hydrogen-bond donors (Lipinski definition) is 1. The van der Waals surface area contributed by atoms with Crippen LogP contribution in [0.25, 0.3) is 11.0 Å². The molecule has 1 saturated carbocycles. The molecule has 2 unspecified atom stereocenters. The van der Waals surface area contributed by atoms with Crippen molar-refractivity contribution in [1.82, 2.24) is 9.55 Å². The molecule has 1 aliphatic rings. The molecule has 1 N–H and O–H groups in total. The van der Waals surface area contributed by atoms with Crippen LogP contribution in [0.3, 0.4) is 0 Å². The van der Waals surface area contributed by atoms with Gasteiger partial charge in [0.05, 0.1) is 18.1 Å². The Balaban J connectivity index is 1.79. The van der Waals surface area contributed by atoms with Gasteiger partial charge in [0, 0.05) is 12.6 Å². The van der Waals surface area contributed by atoms with Gasteiger partial charge in [0.15, 0.2) is 4.77 Å². The molecule has 0 aliphatic heterocycles. The Kier molecular flexibility index (Phi) is 4.34. The summed E-state index contributed by atoms with van der Waals surface area (Å²) in [7, 11) is 1.70. The monoisotopic (exact) mass is 304 g/mol. The zero-order valence-corrected chi connectivity index (χ0v) is 13.7. The van der Waals surface area contributed by atoms with E-state index in [1.807, 2.05) is 12.1 Å². The molecule has 3 nitrogen and oxygen atoms in total. The first kappa shape index (κ1) is 14.6. The van der Waals surface area contributed by atoms with Gasteiger partial charge >= 0.3 is 0 Å². The number of H-pyrrole nitrogens is 1. The smallest absolute Gasteiger partial charge is 0.178 e. The minimum atomic E-state index is 0.821. The highest BCUT2D eigenvalue weighted by atomic mass is 32.1. The van der Waals surface area contributed by atoms with Crippen molar-refractivity contribution in [1.29, 1.82) is 0 Å². The number of imidazole rings is 1. The van der Waals surface area contributed by atoms with E-state index in [-0.39, 0.29) is 0 Å². The largest absolute Gasteiger partial charge is 0.497 e. The lowest BCUT2D eigenvalue weighted by Crippen LogP contribution is -2.15. The first-order valence-corrected chi connectivity index (χ1v) is 8.34. The molecule has 4 heteroatoms. The predicted molar refractivity (Wildman–Crippen MR) is 89.4 cm³/mol. The number of aromatic nitrogens is 2. The van der Waals surface area contributed by atoms with Crippen LogP contribution in [0.5, 0.6) is 5.75 Å². The summed E-state index contributed by atoms with van der Waals surface area (Å²) in [5, 5.41) is 0. The Morgan fingerprint density at radius 2 is 2.24 bits per heavy atom. The molecular formula is C17H24N2OS. The predicted octanol–water partition coefficient (Wildman–Crippen LogP) is 4.92. The van der Waals surface area contributed by atoms with Gasteiger partial charge in [-0.05, 0) is 49.0 Å². The maximum atomic E-state index is 5.49. The van der Waals surface area contributed by atoms with Crippen molar-refractivity contribution in [2.45, 2.75) is 45.6 Å². The number of nitrogens with zero attached hydrogens (tertiary/aromatic N) is 1. The van der Waals surface area contributed by atoms with Gasteiger partial charge in [-0.3, -0.25) is 0 Å². The van der Waals surface area contributed by atoms with E-state index >= 15 is 0 Å². The van der Waals surface area contributed by atoms with Crippen molar-refractivity contribution in [2.24, 2.45) is 11.8 Å². The lowest BCUT2D eigenvalue weighted by atomic mass is 9.81. The van der Waals surface area contributed by atoms with Crippen molar-refractivity contribution < 1.29 is 4.74 Å². The second-order valence-corrected chi connectivity index (χ2v) is 6.78. The number of benzene rings is 1. The first-order chi connectivity index (χ1) is 10.2. The first-order valence-electron chi connectivity index (χ1n) is 7.94. The van der Waals surface area contributed by atoms with E-state index in [0.29, 0.717) is 0 Å². The van der Waals surface area contributed by atoms with E-state index in [1.165, 1.54) is 32.1 Å². The summed E-state index contributed by atoms with van der Waals surface area (Å²) in [6.07, 6.45) is 6.77. The fourth-order valence-electron chi connectivity index (χ4n) is 3.62. The molecule has 1 heterocycles. The van der Waals surface area contributed by atoms with Crippen molar-refractivity contribution in [3.63, 3.8) is 0 Å². The molecule has 21 heavy (non-hydrogen) atoms. The van der Waals surface area contributed by atoms with Gasteiger partial charge < -0.3 is 14.3 Å². The molecule has 0 spiro atoms. The SMILES string of the molecule is COc1ccc2[nH]c(=S)n(CCC3CCCC(C)C3)c2c1. The second kappa shape index (κ2) is 6.22. The third kappa shape index (κ3) is 3.15. The van der Waals surface area contributed by atoms with Crippen LogP contribution in [0.15, 0.2) is 18.2 Å². The minimum absolute atomic E-state index is 0.821. The highest BCUT2D eigenvalue weighted by Gasteiger charge is 2.19. The molecule has 1 aromatic carbocycles. The van der Waals surface area contributed by atoms with Crippen molar-refractivity contribution in [2.75, 3.05) is 7.11 Å². The fourth-order valence-corrected chi connectivity index (χ4v) is 3.91. The molecule has 1 aliphatic carbocycles. The van der Waals surface area contributed by atoms with E-state index < -0.39 is 0 Å². The topological polar surface area (TPSA) is 29.9 Å². The van der Waals surface area contributed by atoms with E-state index in [4.69, 9.17) is 17.0 Å². The third-order valence-corrected chi connectivity index (χ3v) is 5.11. The Bertz CT molecular complexity index is 673. The molecule has 0 bridgehead atoms. The summed E-state index contributed by atoms with van der Waals surface area (Å²) in [4.78, 5) is 3.30. The number of aromatic amines is 1. The Labute approximate surface area is 131 Å². The van der Waals surface area contributed by atoms with E-state index in [2.05, 4.69) is 22.5 Å². The number of rotatable bonds is 4. The van der Waals surface area contributed by atoms with E-state index in [0.717, 1.165) is 39.9 Å². The van der Waals surface area contributed by atoms with Crippen LogP contribution in [-0.2, 0) is 6.54 Å². The molecule has 114 valence electrons. The summed E-state index contributed by atoms with van der Waals surface area (Å²) in [5.41, 5.74) is 2.25. The quantitative estimate of drug-likeness (QED) is 0.812. The van der Waals surface area contributed by atoms with Gasteiger partial charge in [0.25, 0.3) is 0 Å². The Morgan fingerprint density at radius 3 is 3.00 bits per heavy atom. The molecule has 1 fully saturated rings. The van der Waals surface area contributed by atoms with Gasteiger partial charge in [-0.25, -0.2) is 0 Å². The lowest BCUT2D eigenvalue weighted by molar-refractivity contribution is 0.261. The minimum Gasteiger partial charge on any atom is -0.497 e. The fraction of sp³-hybridized carbons (Fsp3) is 0.588. The van der Waals surface area contributed by atoms with Crippen molar-refractivity contribution in [3.05, 3.63) is 23.0 Å². The van der Waals surface area contributed by atoms with Crippen molar-refractivity contribution in [3.8, 4) is 5.75 Å². The van der Waals surface area contributed by atoms with Gasteiger partial charge in [-0.2, -0.15) is 0 Å². The number of ether oxygens (including phenoxy) is 1.